The fourth-order valence-electron chi connectivity index (χ4n) is 9.81. The second-order valence-electron chi connectivity index (χ2n) is 14.9. The molecule has 2 heteroatoms. The van der Waals surface area contributed by atoms with E-state index in [1.165, 1.54) is 104 Å². The Morgan fingerprint density at radius 3 is 1.72 bits per heavy atom. The average Bonchev–Trinajstić information content (AvgIpc) is 3.97. The summed E-state index contributed by atoms with van der Waals surface area (Å²) in [6, 6.07) is 68.3. The molecule has 2 aromatic heterocycles. The first-order valence-corrected chi connectivity index (χ1v) is 19.7. The molecule has 0 bridgehead atoms. The summed E-state index contributed by atoms with van der Waals surface area (Å²) in [6.07, 6.45) is 0.879. The molecule has 0 atom stereocenters. The van der Waals surface area contributed by atoms with Crippen LogP contribution in [0.15, 0.2) is 187 Å². The van der Waals surface area contributed by atoms with E-state index < -0.39 is 0 Å². The normalized spacial score (nSPS) is 13.4. The maximum absolute atomic E-state index is 2.50. The molecular formula is C52H33NS. The standard InChI is InChI=1S/C52H33NS/c1-2-10-38(11-3-1)53-49-25-23-36(30-43(49)44-32-51-37(26-27-54-51)31-50(44)53)35-21-18-33(19-22-35)28-34-20-24-42-41-14-6-9-17-47(41)52(48(42)29-34)45-15-7-4-12-39(45)40-13-5-8-16-46(40)52/h1-27,29-32H,28H2. The molecular weight excluding hydrogens is 671 g/mol. The van der Waals surface area contributed by atoms with E-state index in [0.29, 0.717) is 0 Å². The molecule has 2 heterocycles. The highest BCUT2D eigenvalue weighted by atomic mass is 32.1. The van der Waals surface area contributed by atoms with E-state index in [4.69, 9.17) is 0 Å². The number of nitrogens with zero attached hydrogens (tertiary/aromatic N) is 1. The van der Waals surface area contributed by atoms with Crippen LogP contribution in [0.4, 0.5) is 0 Å². The molecule has 0 fully saturated rings. The van der Waals surface area contributed by atoms with Crippen LogP contribution in [-0.4, -0.2) is 4.57 Å². The lowest BCUT2D eigenvalue weighted by molar-refractivity contribution is 0.792. The van der Waals surface area contributed by atoms with Crippen molar-refractivity contribution in [1.82, 2.24) is 4.57 Å². The van der Waals surface area contributed by atoms with Gasteiger partial charge in [0.2, 0.25) is 0 Å². The molecule has 12 rings (SSSR count). The quantitative estimate of drug-likeness (QED) is 0.172. The van der Waals surface area contributed by atoms with Gasteiger partial charge in [-0.05, 0) is 126 Å². The van der Waals surface area contributed by atoms with Gasteiger partial charge in [-0.25, -0.2) is 0 Å². The van der Waals surface area contributed by atoms with Gasteiger partial charge in [-0.2, -0.15) is 0 Å². The van der Waals surface area contributed by atoms with E-state index in [2.05, 4.69) is 192 Å². The van der Waals surface area contributed by atoms with Crippen molar-refractivity contribution in [3.63, 3.8) is 0 Å². The molecule has 1 spiro atoms. The molecule has 0 amide bonds. The van der Waals surface area contributed by atoms with Gasteiger partial charge in [-0.15, -0.1) is 11.3 Å². The molecule has 252 valence electrons. The van der Waals surface area contributed by atoms with Crippen LogP contribution in [-0.2, 0) is 11.8 Å². The van der Waals surface area contributed by atoms with Crippen molar-refractivity contribution in [1.29, 1.82) is 0 Å². The van der Waals surface area contributed by atoms with Crippen molar-refractivity contribution in [3.8, 4) is 39.1 Å². The Balaban J connectivity index is 0.933. The van der Waals surface area contributed by atoms with Crippen molar-refractivity contribution in [2.24, 2.45) is 0 Å². The number of hydrogen-bond acceptors (Lipinski definition) is 1. The summed E-state index contributed by atoms with van der Waals surface area (Å²) in [5.41, 5.74) is 19.5. The fraction of sp³-hybridized carbons (Fsp3) is 0.0385. The fourth-order valence-corrected chi connectivity index (χ4v) is 10.6. The Bertz CT molecular complexity index is 3060. The van der Waals surface area contributed by atoms with Gasteiger partial charge < -0.3 is 4.57 Å². The lowest BCUT2D eigenvalue weighted by Gasteiger charge is -2.30. The van der Waals surface area contributed by atoms with Crippen LogP contribution in [0.3, 0.4) is 0 Å². The molecule has 1 nitrogen and oxygen atoms in total. The molecule has 2 aliphatic carbocycles. The van der Waals surface area contributed by atoms with Crippen LogP contribution in [0.5, 0.6) is 0 Å². The van der Waals surface area contributed by atoms with Gasteiger partial charge in [0.1, 0.15) is 0 Å². The third-order valence-electron chi connectivity index (χ3n) is 12.1. The van der Waals surface area contributed by atoms with Gasteiger partial charge in [0, 0.05) is 21.2 Å². The predicted octanol–water partition coefficient (Wildman–Crippen LogP) is 13.6. The van der Waals surface area contributed by atoms with E-state index in [1.807, 2.05) is 11.3 Å². The Hall–Kier alpha value is -6.48. The van der Waals surface area contributed by atoms with E-state index in [1.54, 1.807) is 0 Å². The molecule has 0 radical (unpaired) electrons. The van der Waals surface area contributed by atoms with Gasteiger partial charge >= 0.3 is 0 Å². The minimum atomic E-state index is -0.309. The first-order chi connectivity index (χ1) is 26.8. The monoisotopic (exact) mass is 703 g/mol. The van der Waals surface area contributed by atoms with Crippen molar-refractivity contribution < 1.29 is 0 Å². The number of aromatic nitrogens is 1. The number of fused-ring (bicyclic) bond motifs is 14. The maximum atomic E-state index is 2.50. The largest absolute Gasteiger partial charge is 0.309 e. The van der Waals surface area contributed by atoms with Crippen molar-refractivity contribution >= 4 is 43.2 Å². The summed E-state index contributed by atoms with van der Waals surface area (Å²) in [6.45, 7) is 0. The lowest BCUT2D eigenvalue weighted by atomic mass is 9.70. The lowest BCUT2D eigenvalue weighted by Crippen LogP contribution is -2.26. The minimum absolute atomic E-state index is 0.309. The van der Waals surface area contributed by atoms with Gasteiger partial charge in [0.25, 0.3) is 0 Å². The molecule has 0 aliphatic heterocycles. The number of benzene rings is 8. The molecule has 54 heavy (non-hydrogen) atoms. The molecule has 0 saturated heterocycles. The summed E-state index contributed by atoms with van der Waals surface area (Å²) in [7, 11) is 0. The topological polar surface area (TPSA) is 4.93 Å². The van der Waals surface area contributed by atoms with Gasteiger partial charge in [0.05, 0.1) is 16.4 Å². The van der Waals surface area contributed by atoms with Crippen molar-refractivity contribution in [2.45, 2.75) is 11.8 Å². The van der Waals surface area contributed by atoms with Crippen LogP contribution in [0.2, 0.25) is 0 Å². The molecule has 0 saturated carbocycles. The Morgan fingerprint density at radius 1 is 0.426 bits per heavy atom. The van der Waals surface area contributed by atoms with Crippen LogP contribution in [0.1, 0.15) is 33.4 Å². The zero-order valence-corrected chi connectivity index (χ0v) is 30.3. The SMILES string of the molecule is c1ccc(-n2c3ccc(-c4ccc(Cc5ccc6c(c5)C5(c7ccccc7-c7ccccc75)c5ccccc5-6)cc4)cc3c3cc4sccc4cc32)cc1. The summed E-state index contributed by atoms with van der Waals surface area (Å²) < 4.78 is 3.74. The summed E-state index contributed by atoms with van der Waals surface area (Å²) in [4.78, 5) is 0. The second kappa shape index (κ2) is 11.3. The number of rotatable bonds is 4. The Morgan fingerprint density at radius 2 is 1.02 bits per heavy atom. The number of hydrogen-bond donors (Lipinski definition) is 0. The van der Waals surface area contributed by atoms with E-state index in [0.717, 1.165) is 6.42 Å². The molecule has 2 aliphatic rings. The summed E-state index contributed by atoms with van der Waals surface area (Å²) in [5.74, 6) is 0. The highest BCUT2D eigenvalue weighted by molar-refractivity contribution is 7.17. The van der Waals surface area contributed by atoms with Gasteiger partial charge in [-0.3, -0.25) is 0 Å². The molecule has 0 unspecified atom stereocenters. The summed E-state index contributed by atoms with van der Waals surface area (Å²) >= 11 is 1.81. The zero-order chi connectivity index (χ0) is 35.4. The van der Waals surface area contributed by atoms with Crippen LogP contribution in [0.25, 0.3) is 71.0 Å². The zero-order valence-electron chi connectivity index (χ0n) is 29.5. The highest BCUT2D eigenvalue weighted by Crippen LogP contribution is 2.62. The first kappa shape index (κ1) is 30.0. The van der Waals surface area contributed by atoms with Crippen LogP contribution < -0.4 is 0 Å². The molecule has 10 aromatic rings. The molecule has 8 aromatic carbocycles. The number of thiophene rings is 1. The number of para-hydroxylation sites is 1. The van der Waals surface area contributed by atoms with E-state index in [-0.39, 0.29) is 5.41 Å². The third kappa shape index (κ3) is 4.09. The summed E-state index contributed by atoms with van der Waals surface area (Å²) in [5, 5.41) is 6.07. The van der Waals surface area contributed by atoms with E-state index in [9.17, 15) is 0 Å². The van der Waals surface area contributed by atoms with Crippen molar-refractivity contribution in [2.75, 3.05) is 0 Å². The predicted molar refractivity (Wildman–Crippen MR) is 227 cm³/mol. The Kier molecular flexibility index (Phi) is 6.26. The highest BCUT2D eigenvalue weighted by Gasteiger charge is 2.51. The first-order valence-electron chi connectivity index (χ1n) is 18.8. The maximum Gasteiger partial charge on any atom is 0.0725 e. The van der Waals surface area contributed by atoms with Crippen LogP contribution in [0, 0.1) is 0 Å². The minimum Gasteiger partial charge on any atom is -0.309 e. The van der Waals surface area contributed by atoms with Gasteiger partial charge in [0.15, 0.2) is 0 Å². The van der Waals surface area contributed by atoms with Crippen molar-refractivity contribution in [3.05, 3.63) is 221 Å². The Labute approximate surface area is 318 Å². The van der Waals surface area contributed by atoms with Gasteiger partial charge in [-0.1, -0.05) is 140 Å². The van der Waals surface area contributed by atoms with E-state index >= 15 is 0 Å². The molecule has 0 N–H and O–H groups in total. The average molecular weight is 704 g/mol. The van der Waals surface area contributed by atoms with Crippen LogP contribution >= 0.6 is 11.3 Å². The second-order valence-corrected chi connectivity index (χ2v) is 15.8. The third-order valence-corrected chi connectivity index (χ3v) is 13.0. The smallest absolute Gasteiger partial charge is 0.0725 e.